The molecular formula is C24H40O. The molecule has 0 unspecified atom stereocenters. The number of benzene rings is 1. The zero-order valence-electron chi connectivity index (χ0n) is 18.1. The molecule has 0 amide bonds. The van der Waals surface area contributed by atoms with Gasteiger partial charge in [-0.3, -0.25) is 0 Å². The third-order valence-corrected chi connectivity index (χ3v) is 3.61. The zero-order chi connectivity index (χ0) is 20.0. The lowest BCUT2D eigenvalue weighted by atomic mass is 9.86. The van der Waals surface area contributed by atoms with E-state index < -0.39 is 0 Å². The lowest BCUT2D eigenvalue weighted by molar-refractivity contribution is 0.370. The van der Waals surface area contributed by atoms with Gasteiger partial charge in [0.25, 0.3) is 0 Å². The van der Waals surface area contributed by atoms with Crippen LogP contribution in [-0.2, 0) is 10.2 Å². The highest BCUT2D eigenvalue weighted by Crippen LogP contribution is 2.25. The minimum absolute atomic E-state index is 0.163. The number of allylic oxidation sites excluding steroid dienone is 3. The highest BCUT2D eigenvalue weighted by molar-refractivity contribution is 5.64. The van der Waals surface area contributed by atoms with Crippen molar-refractivity contribution in [3.05, 3.63) is 65.8 Å². The van der Waals surface area contributed by atoms with Gasteiger partial charge in [0.1, 0.15) is 5.76 Å². The van der Waals surface area contributed by atoms with E-state index in [1.54, 1.807) is 7.11 Å². The minimum Gasteiger partial charge on any atom is -0.496 e. The molecule has 0 spiro atoms. The summed E-state index contributed by atoms with van der Waals surface area (Å²) < 4.78 is 5.44. The molecule has 1 heteroatoms. The third-order valence-electron chi connectivity index (χ3n) is 3.61. The Morgan fingerprint density at radius 1 is 1.00 bits per heavy atom. The summed E-state index contributed by atoms with van der Waals surface area (Å²) in [6.07, 6.45) is 4.56. The Kier molecular flexibility index (Phi) is 13.8. The van der Waals surface area contributed by atoms with Crippen molar-refractivity contribution in [2.75, 3.05) is 7.11 Å². The van der Waals surface area contributed by atoms with Gasteiger partial charge in [-0.25, -0.2) is 0 Å². The van der Waals surface area contributed by atoms with Crippen LogP contribution in [0.25, 0.3) is 5.76 Å². The molecule has 1 nitrogen and oxygen atoms in total. The average molecular weight is 345 g/mol. The molecule has 0 bridgehead atoms. The van der Waals surface area contributed by atoms with Gasteiger partial charge in [-0.15, -0.1) is 0 Å². The van der Waals surface area contributed by atoms with E-state index in [2.05, 4.69) is 72.0 Å². The second-order valence-corrected chi connectivity index (χ2v) is 6.85. The Morgan fingerprint density at radius 3 is 1.72 bits per heavy atom. The molecule has 0 aliphatic rings. The smallest absolute Gasteiger partial charge is 0.126 e. The predicted octanol–water partition coefficient (Wildman–Crippen LogP) is 7.94. The van der Waals surface area contributed by atoms with Crippen LogP contribution in [0.3, 0.4) is 0 Å². The molecule has 0 N–H and O–H groups in total. The second kappa shape index (κ2) is 13.5. The molecule has 0 radical (unpaired) electrons. The molecule has 142 valence electrons. The summed E-state index contributed by atoms with van der Waals surface area (Å²) in [6.45, 7) is 24.8. The van der Waals surface area contributed by atoms with Crippen LogP contribution in [-0.4, -0.2) is 7.11 Å². The third kappa shape index (κ3) is 10.7. The first kappa shape index (κ1) is 25.5. The van der Waals surface area contributed by atoms with Crippen molar-refractivity contribution >= 4 is 5.76 Å². The number of hydrogen-bond acceptors (Lipinski definition) is 1. The van der Waals surface area contributed by atoms with Crippen molar-refractivity contribution in [2.24, 2.45) is 0 Å². The van der Waals surface area contributed by atoms with Gasteiger partial charge in [0.2, 0.25) is 0 Å². The first-order valence-electron chi connectivity index (χ1n) is 9.38. The van der Waals surface area contributed by atoms with Crippen molar-refractivity contribution in [1.29, 1.82) is 0 Å². The molecule has 0 saturated carbocycles. The van der Waals surface area contributed by atoms with Gasteiger partial charge in [0.05, 0.1) is 7.11 Å². The summed E-state index contributed by atoms with van der Waals surface area (Å²) in [5.41, 5.74) is 4.36. The van der Waals surface area contributed by atoms with E-state index in [4.69, 9.17) is 4.74 Å². The van der Waals surface area contributed by atoms with Gasteiger partial charge >= 0.3 is 0 Å². The first-order chi connectivity index (χ1) is 11.7. The van der Waals surface area contributed by atoms with Gasteiger partial charge in [0.15, 0.2) is 0 Å². The molecule has 1 aromatic carbocycles. The van der Waals surface area contributed by atoms with Crippen LogP contribution in [0.1, 0.15) is 79.4 Å². The van der Waals surface area contributed by atoms with Crippen LogP contribution in [0.5, 0.6) is 0 Å². The van der Waals surface area contributed by atoms with Crippen molar-refractivity contribution in [3.63, 3.8) is 0 Å². The number of rotatable bonds is 5. The summed E-state index contributed by atoms with van der Waals surface area (Å²) in [4.78, 5) is 0. The zero-order valence-corrected chi connectivity index (χ0v) is 18.1. The lowest BCUT2D eigenvalue weighted by Crippen LogP contribution is -2.10. The Balaban J connectivity index is 0. The SMILES string of the molecule is C=C(C)C(=C)/C=C(\OC)c1ccc(C(C)(C)C)cc1.CC.CCCC. The van der Waals surface area contributed by atoms with E-state index in [-0.39, 0.29) is 5.41 Å². The summed E-state index contributed by atoms with van der Waals surface area (Å²) in [5.74, 6) is 0.813. The van der Waals surface area contributed by atoms with Crippen molar-refractivity contribution < 1.29 is 4.74 Å². The largest absolute Gasteiger partial charge is 0.496 e. The van der Waals surface area contributed by atoms with Gasteiger partial charge in [-0.1, -0.05) is 104 Å². The fourth-order valence-corrected chi connectivity index (χ4v) is 1.68. The van der Waals surface area contributed by atoms with Crippen LogP contribution in [0, 0.1) is 0 Å². The topological polar surface area (TPSA) is 9.23 Å². The summed E-state index contributed by atoms with van der Waals surface area (Å²) in [7, 11) is 1.68. The van der Waals surface area contributed by atoms with E-state index in [0.717, 1.165) is 22.5 Å². The minimum atomic E-state index is 0.163. The van der Waals surface area contributed by atoms with Crippen molar-refractivity contribution in [2.45, 2.75) is 73.6 Å². The Bertz CT molecular complexity index is 522. The average Bonchev–Trinajstić information content (AvgIpc) is 2.60. The molecule has 0 heterocycles. The molecule has 1 aromatic rings. The Morgan fingerprint density at radius 2 is 1.44 bits per heavy atom. The fourth-order valence-electron chi connectivity index (χ4n) is 1.68. The molecule has 0 fully saturated rings. The van der Waals surface area contributed by atoms with E-state index in [0.29, 0.717) is 0 Å². The van der Waals surface area contributed by atoms with Crippen LogP contribution in [0.15, 0.2) is 54.6 Å². The maximum Gasteiger partial charge on any atom is 0.126 e. The van der Waals surface area contributed by atoms with E-state index >= 15 is 0 Å². The Labute approximate surface area is 157 Å². The first-order valence-corrected chi connectivity index (χ1v) is 9.38. The quantitative estimate of drug-likeness (QED) is 0.389. The monoisotopic (exact) mass is 344 g/mol. The van der Waals surface area contributed by atoms with Gasteiger partial charge in [0, 0.05) is 5.56 Å². The maximum absolute atomic E-state index is 5.44. The number of unbranched alkanes of at least 4 members (excludes halogenated alkanes) is 1. The highest BCUT2D eigenvalue weighted by Gasteiger charge is 2.13. The summed E-state index contributed by atoms with van der Waals surface area (Å²) >= 11 is 0. The molecule has 25 heavy (non-hydrogen) atoms. The molecule has 0 aromatic heterocycles. The molecule has 0 saturated heterocycles. The van der Waals surface area contributed by atoms with Crippen LogP contribution >= 0.6 is 0 Å². The highest BCUT2D eigenvalue weighted by atomic mass is 16.5. The van der Waals surface area contributed by atoms with Crippen molar-refractivity contribution in [3.8, 4) is 0 Å². The van der Waals surface area contributed by atoms with E-state index in [1.165, 1.54) is 18.4 Å². The van der Waals surface area contributed by atoms with Crippen LogP contribution in [0.4, 0.5) is 0 Å². The predicted molar refractivity (Wildman–Crippen MR) is 116 cm³/mol. The fraction of sp³-hybridized carbons (Fsp3) is 0.500. The summed E-state index contributed by atoms with van der Waals surface area (Å²) in [6, 6.07) is 8.46. The lowest BCUT2D eigenvalue weighted by Gasteiger charge is -2.19. The van der Waals surface area contributed by atoms with Gasteiger partial charge < -0.3 is 4.74 Å². The van der Waals surface area contributed by atoms with Gasteiger partial charge in [-0.05, 0) is 29.6 Å². The van der Waals surface area contributed by atoms with Gasteiger partial charge in [-0.2, -0.15) is 0 Å². The standard InChI is InChI=1S/C18H24O.C4H10.C2H6/c1-13(2)14(3)12-17(19-7)15-8-10-16(11-9-15)18(4,5)6;1-3-4-2;1-2/h8-12H,1,3H2,2,4-7H3;3-4H2,1-2H3;1-2H3/b17-12-;;. The van der Waals surface area contributed by atoms with Crippen LogP contribution < -0.4 is 0 Å². The number of hydrogen-bond donors (Lipinski definition) is 0. The van der Waals surface area contributed by atoms with E-state index in [1.807, 2.05) is 26.8 Å². The molecular weight excluding hydrogens is 304 g/mol. The Hall–Kier alpha value is -1.76. The molecule has 0 aliphatic heterocycles. The molecule has 0 aliphatic carbocycles. The van der Waals surface area contributed by atoms with Crippen LogP contribution in [0.2, 0.25) is 0 Å². The summed E-state index contributed by atoms with van der Waals surface area (Å²) in [5, 5.41) is 0. The second-order valence-electron chi connectivity index (χ2n) is 6.85. The van der Waals surface area contributed by atoms with E-state index in [9.17, 15) is 0 Å². The normalized spacial score (nSPS) is 10.7. The molecule has 0 atom stereocenters. The molecule has 1 rings (SSSR count). The number of ether oxygens (including phenoxy) is 1. The maximum atomic E-state index is 5.44. The van der Waals surface area contributed by atoms with Crippen molar-refractivity contribution in [1.82, 2.24) is 0 Å². The number of methoxy groups -OCH3 is 1.